The SMILES string of the molecule is CCC1(CC)c2cc(C(=O)C(=O)OCCCC(C)(C)C)ccc2-c2ccc(C(=O)c3cccs3)cc21. The van der Waals surface area contributed by atoms with Crippen molar-refractivity contribution in [1.82, 2.24) is 0 Å². The molecule has 1 heterocycles. The number of hydrogen-bond acceptors (Lipinski definition) is 5. The number of ketones is 2. The zero-order valence-corrected chi connectivity index (χ0v) is 22.6. The van der Waals surface area contributed by atoms with E-state index in [9.17, 15) is 14.4 Å². The van der Waals surface area contributed by atoms with Crippen LogP contribution in [0, 0.1) is 5.41 Å². The lowest BCUT2D eigenvalue weighted by atomic mass is 9.73. The molecule has 0 bridgehead atoms. The quantitative estimate of drug-likeness (QED) is 0.131. The lowest BCUT2D eigenvalue weighted by Crippen LogP contribution is -2.24. The van der Waals surface area contributed by atoms with Crippen LogP contribution in [0.3, 0.4) is 0 Å². The second-order valence-corrected chi connectivity index (χ2v) is 11.7. The van der Waals surface area contributed by atoms with E-state index in [4.69, 9.17) is 4.74 Å². The molecule has 0 N–H and O–H groups in total. The van der Waals surface area contributed by atoms with Crippen molar-refractivity contribution < 1.29 is 19.1 Å². The molecule has 0 fully saturated rings. The third-order valence-corrected chi connectivity index (χ3v) is 8.20. The first-order chi connectivity index (χ1) is 17.1. The van der Waals surface area contributed by atoms with Crippen molar-refractivity contribution in [2.24, 2.45) is 5.41 Å². The van der Waals surface area contributed by atoms with Gasteiger partial charge in [0.15, 0.2) is 0 Å². The number of benzene rings is 2. The number of carbonyl (C=O) groups excluding carboxylic acids is 3. The number of carbonyl (C=O) groups is 3. The Kier molecular flexibility index (Phi) is 7.33. The van der Waals surface area contributed by atoms with E-state index in [1.165, 1.54) is 11.3 Å². The highest BCUT2D eigenvalue weighted by Gasteiger charge is 2.41. The molecule has 0 atom stereocenters. The smallest absolute Gasteiger partial charge is 0.379 e. The molecular formula is C31H34O4S. The van der Waals surface area contributed by atoms with Gasteiger partial charge in [0.1, 0.15) is 0 Å². The van der Waals surface area contributed by atoms with Gasteiger partial charge in [-0.15, -0.1) is 11.3 Å². The van der Waals surface area contributed by atoms with Crippen LogP contribution in [0.15, 0.2) is 53.9 Å². The number of hydrogen-bond donors (Lipinski definition) is 0. The maximum Gasteiger partial charge on any atom is 0.379 e. The third kappa shape index (κ3) is 4.81. The molecule has 0 saturated carbocycles. The van der Waals surface area contributed by atoms with Gasteiger partial charge in [0.05, 0.1) is 11.5 Å². The van der Waals surface area contributed by atoms with Gasteiger partial charge in [0, 0.05) is 16.5 Å². The Morgan fingerprint density at radius 3 is 2.06 bits per heavy atom. The highest BCUT2D eigenvalue weighted by molar-refractivity contribution is 7.12. The summed E-state index contributed by atoms with van der Waals surface area (Å²) in [6.45, 7) is 10.9. The second-order valence-electron chi connectivity index (χ2n) is 10.7. The Hall–Kier alpha value is -3.05. The van der Waals surface area contributed by atoms with Crippen molar-refractivity contribution >= 4 is 28.9 Å². The normalized spacial score (nSPS) is 13.7. The van der Waals surface area contributed by atoms with Crippen molar-refractivity contribution in [2.45, 2.75) is 65.7 Å². The average molecular weight is 503 g/mol. The van der Waals surface area contributed by atoms with E-state index in [-0.39, 0.29) is 23.2 Å². The molecule has 0 radical (unpaired) electrons. The summed E-state index contributed by atoms with van der Waals surface area (Å²) in [6.07, 6.45) is 3.27. The van der Waals surface area contributed by atoms with E-state index in [1.807, 2.05) is 47.8 Å². The summed E-state index contributed by atoms with van der Waals surface area (Å²) in [7, 11) is 0. The van der Waals surface area contributed by atoms with Crippen LogP contribution in [0.4, 0.5) is 0 Å². The Bertz CT molecular complexity index is 1290. The Balaban J connectivity index is 1.63. The molecular weight excluding hydrogens is 468 g/mol. The van der Waals surface area contributed by atoms with E-state index >= 15 is 0 Å². The van der Waals surface area contributed by atoms with Crippen molar-refractivity contribution in [2.75, 3.05) is 6.61 Å². The molecule has 3 aromatic rings. The Morgan fingerprint density at radius 1 is 0.889 bits per heavy atom. The molecule has 0 saturated heterocycles. The molecule has 5 heteroatoms. The first kappa shape index (κ1) is 26.0. The van der Waals surface area contributed by atoms with Gasteiger partial charge in [-0.05, 0) is 76.9 Å². The van der Waals surface area contributed by atoms with Gasteiger partial charge in [-0.25, -0.2) is 4.79 Å². The molecule has 1 aromatic heterocycles. The molecule has 2 aromatic carbocycles. The van der Waals surface area contributed by atoms with Crippen molar-refractivity contribution in [1.29, 1.82) is 0 Å². The summed E-state index contributed by atoms with van der Waals surface area (Å²) in [6, 6.07) is 15.2. The van der Waals surface area contributed by atoms with E-state index in [0.29, 0.717) is 11.1 Å². The number of rotatable bonds is 9. The molecule has 36 heavy (non-hydrogen) atoms. The van der Waals surface area contributed by atoms with Gasteiger partial charge in [0.25, 0.3) is 5.78 Å². The number of thiophene rings is 1. The van der Waals surface area contributed by atoms with Crippen LogP contribution in [0.2, 0.25) is 0 Å². The summed E-state index contributed by atoms with van der Waals surface area (Å²) in [5.74, 6) is -1.39. The van der Waals surface area contributed by atoms with Gasteiger partial charge in [-0.3, -0.25) is 9.59 Å². The maximum absolute atomic E-state index is 13.1. The fraction of sp³-hybridized carbons (Fsp3) is 0.387. The van der Waals surface area contributed by atoms with Gasteiger partial charge < -0.3 is 4.74 Å². The minimum absolute atomic E-state index is 0.0231. The maximum atomic E-state index is 13.1. The van der Waals surface area contributed by atoms with E-state index < -0.39 is 11.8 Å². The number of ether oxygens (including phenoxy) is 1. The minimum Gasteiger partial charge on any atom is -0.460 e. The predicted octanol–water partition coefficient (Wildman–Crippen LogP) is 7.62. The monoisotopic (exact) mass is 502 g/mol. The fourth-order valence-corrected chi connectivity index (χ4v) is 5.98. The van der Waals surface area contributed by atoms with Crippen molar-refractivity contribution in [3.8, 4) is 11.1 Å². The standard InChI is InChI=1S/C31H34O4S/c1-6-31(7-2)24-18-20(27(32)26-10-8-17-36-26)11-13-22(24)23-14-12-21(19-25(23)31)28(33)29(34)35-16-9-15-30(3,4)5/h8,10-14,17-19H,6-7,9,15-16H2,1-5H3. The molecule has 0 aliphatic heterocycles. The number of fused-ring (bicyclic) bond motifs is 3. The zero-order chi connectivity index (χ0) is 26.1. The molecule has 0 unspecified atom stereocenters. The Labute approximate surface area is 217 Å². The summed E-state index contributed by atoms with van der Waals surface area (Å²) < 4.78 is 5.29. The molecule has 188 valence electrons. The molecule has 0 amide bonds. The van der Waals surface area contributed by atoms with Crippen molar-refractivity contribution in [3.05, 3.63) is 81.0 Å². The van der Waals surface area contributed by atoms with E-state index in [2.05, 4.69) is 34.6 Å². The third-order valence-electron chi connectivity index (χ3n) is 7.33. The molecule has 4 rings (SSSR count). The molecule has 4 nitrogen and oxygen atoms in total. The predicted molar refractivity (Wildman–Crippen MR) is 145 cm³/mol. The highest BCUT2D eigenvalue weighted by atomic mass is 32.1. The van der Waals surface area contributed by atoms with Crippen LogP contribution in [-0.2, 0) is 14.9 Å². The molecule has 1 aliphatic carbocycles. The minimum atomic E-state index is -0.804. The number of esters is 1. The fourth-order valence-electron chi connectivity index (χ4n) is 5.29. The van der Waals surface area contributed by atoms with Gasteiger partial charge >= 0.3 is 5.97 Å². The average Bonchev–Trinajstić information content (AvgIpc) is 3.49. The van der Waals surface area contributed by atoms with Crippen LogP contribution >= 0.6 is 11.3 Å². The first-order valence-electron chi connectivity index (χ1n) is 12.7. The molecule has 1 aliphatic rings. The van der Waals surface area contributed by atoms with E-state index in [1.54, 1.807) is 6.07 Å². The van der Waals surface area contributed by atoms with E-state index in [0.717, 1.165) is 52.8 Å². The first-order valence-corrected chi connectivity index (χ1v) is 13.6. The summed E-state index contributed by atoms with van der Waals surface area (Å²) in [4.78, 5) is 39.2. The van der Waals surface area contributed by atoms with Gasteiger partial charge in [0.2, 0.25) is 5.78 Å². The van der Waals surface area contributed by atoms with Gasteiger partial charge in [-0.1, -0.05) is 65.0 Å². The van der Waals surface area contributed by atoms with Crippen LogP contribution in [0.25, 0.3) is 11.1 Å². The van der Waals surface area contributed by atoms with Crippen LogP contribution in [0.5, 0.6) is 0 Å². The van der Waals surface area contributed by atoms with Crippen LogP contribution in [0.1, 0.15) is 97.0 Å². The number of Topliss-reactive ketones (excluding diaryl/α,β-unsaturated/α-hetero) is 1. The summed E-state index contributed by atoms with van der Waals surface area (Å²) in [5, 5.41) is 1.91. The topological polar surface area (TPSA) is 60.4 Å². The van der Waals surface area contributed by atoms with Crippen LogP contribution in [-0.4, -0.2) is 24.1 Å². The zero-order valence-electron chi connectivity index (χ0n) is 21.8. The Morgan fingerprint density at radius 2 is 1.50 bits per heavy atom. The molecule has 0 spiro atoms. The van der Waals surface area contributed by atoms with Crippen LogP contribution < -0.4 is 0 Å². The lowest BCUT2D eigenvalue weighted by Gasteiger charge is -2.30. The highest BCUT2D eigenvalue weighted by Crippen LogP contribution is 2.53. The largest absolute Gasteiger partial charge is 0.460 e. The second kappa shape index (κ2) is 10.1. The summed E-state index contributed by atoms with van der Waals surface area (Å²) in [5.41, 5.74) is 5.13. The van der Waals surface area contributed by atoms with Gasteiger partial charge in [-0.2, -0.15) is 0 Å². The van der Waals surface area contributed by atoms with Crippen molar-refractivity contribution in [3.63, 3.8) is 0 Å². The summed E-state index contributed by atoms with van der Waals surface area (Å²) >= 11 is 1.44. The lowest BCUT2D eigenvalue weighted by molar-refractivity contribution is -0.138.